The lowest BCUT2D eigenvalue weighted by atomic mass is 9.89. The number of esters is 1. The molecule has 7 atom stereocenters. The molecule has 0 aromatic heterocycles. The number of halogens is 1. The van der Waals surface area contributed by atoms with E-state index < -0.39 is 12.2 Å². The van der Waals surface area contributed by atoms with Crippen molar-refractivity contribution in [1.29, 1.82) is 0 Å². The number of methoxy groups -OCH3 is 1. The first-order chi connectivity index (χ1) is 14.0. The van der Waals surface area contributed by atoms with E-state index in [1.54, 1.807) is 0 Å². The Hall–Kier alpha value is -1.04. The first-order valence-electron chi connectivity index (χ1n) is 11.0. The molecular weight excluding hydrogens is 392 g/mol. The molecule has 0 aromatic rings. The molecule has 0 bridgehead atoms. The molecule has 6 heteroatoms. The first kappa shape index (κ1) is 22.6. The van der Waals surface area contributed by atoms with Crippen molar-refractivity contribution in [2.24, 2.45) is 23.7 Å². The Morgan fingerprint density at radius 2 is 2.21 bits per heavy atom. The number of aliphatic hydroxyl groups is 2. The molecule has 0 spiro atoms. The number of hydrogen-bond acceptors (Lipinski definition) is 5. The Labute approximate surface area is 179 Å². The minimum atomic E-state index is -0.447. The number of allylic oxidation sites excluding steroid dienone is 2. The summed E-state index contributed by atoms with van der Waals surface area (Å²) in [4.78, 5) is 11.2. The van der Waals surface area contributed by atoms with Crippen LogP contribution >= 0.6 is 11.6 Å². The molecule has 5 nitrogen and oxygen atoms in total. The van der Waals surface area contributed by atoms with Gasteiger partial charge in [-0.05, 0) is 50.0 Å². The topological polar surface area (TPSA) is 76.0 Å². The van der Waals surface area contributed by atoms with E-state index in [-0.39, 0.29) is 23.9 Å². The zero-order valence-electron chi connectivity index (χ0n) is 17.3. The smallest absolute Gasteiger partial charge is 0.305 e. The number of carbonyl (C=O) groups excluding carboxylic acids is 1. The highest BCUT2D eigenvalue weighted by molar-refractivity contribution is 6.17. The van der Waals surface area contributed by atoms with Crippen molar-refractivity contribution in [3.8, 4) is 0 Å². The third-order valence-corrected chi connectivity index (χ3v) is 7.15. The van der Waals surface area contributed by atoms with Crippen LogP contribution in [0.25, 0.3) is 0 Å². The first-order valence-corrected chi connectivity index (χ1v) is 11.6. The van der Waals surface area contributed by atoms with E-state index in [1.807, 2.05) is 12.2 Å². The van der Waals surface area contributed by atoms with Gasteiger partial charge in [-0.3, -0.25) is 4.79 Å². The van der Waals surface area contributed by atoms with Crippen LogP contribution in [0.5, 0.6) is 0 Å². The molecule has 164 valence electrons. The molecule has 2 N–H and O–H groups in total. The number of alkyl halides is 1. The van der Waals surface area contributed by atoms with Crippen molar-refractivity contribution in [2.45, 2.75) is 76.1 Å². The number of hydrogen-bond donors (Lipinski definition) is 2. The molecule has 0 radical (unpaired) electrons. The monoisotopic (exact) mass is 426 g/mol. The van der Waals surface area contributed by atoms with E-state index >= 15 is 0 Å². The number of ether oxygens (including phenoxy) is 2. The molecule has 29 heavy (non-hydrogen) atoms. The predicted molar refractivity (Wildman–Crippen MR) is 112 cm³/mol. The molecule has 1 saturated heterocycles. The molecule has 1 heterocycles. The second-order valence-corrected chi connectivity index (χ2v) is 9.21. The number of aliphatic hydroxyl groups excluding tert-OH is 2. The van der Waals surface area contributed by atoms with Crippen molar-refractivity contribution < 1.29 is 24.5 Å². The van der Waals surface area contributed by atoms with Crippen LogP contribution in [-0.4, -0.2) is 47.5 Å². The zero-order valence-corrected chi connectivity index (χ0v) is 18.1. The third-order valence-electron chi connectivity index (χ3n) is 6.93. The highest BCUT2D eigenvalue weighted by Gasteiger charge is 2.47. The van der Waals surface area contributed by atoms with E-state index in [2.05, 4.69) is 10.8 Å². The summed E-state index contributed by atoms with van der Waals surface area (Å²) in [6, 6.07) is 0. The van der Waals surface area contributed by atoms with Crippen LogP contribution in [0, 0.1) is 23.7 Å². The summed E-state index contributed by atoms with van der Waals surface area (Å²) in [7, 11) is 1.41. The Kier molecular flexibility index (Phi) is 8.45. The maximum atomic E-state index is 11.2. The van der Waals surface area contributed by atoms with Gasteiger partial charge in [-0.1, -0.05) is 18.6 Å². The van der Waals surface area contributed by atoms with Crippen molar-refractivity contribution in [3.63, 3.8) is 0 Å². The number of carbonyl (C=O) groups is 1. The minimum absolute atomic E-state index is 0.0238. The second-order valence-electron chi connectivity index (χ2n) is 8.84. The molecule has 2 saturated carbocycles. The second kappa shape index (κ2) is 10.8. The summed E-state index contributed by atoms with van der Waals surface area (Å²) in [5.74, 6) is 2.70. The van der Waals surface area contributed by atoms with Gasteiger partial charge in [-0.25, -0.2) is 0 Å². The fourth-order valence-electron chi connectivity index (χ4n) is 5.23. The normalized spacial score (nSPS) is 36.5. The summed E-state index contributed by atoms with van der Waals surface area (Å²) >= 11 is 5.85. The maximum absolute atomic E-state index is 11.2. The Bertz CT molecular complexity index is 604. The molecule has 0 amide bonds. The molecule has 2 aliphatic carbocycles. The Morgan fingerprint density at radius 3 is 2.97 bits per heavy atom. The number of rotatable bonds is 9. The van der Waals surface area contributed by atoms with E-state index in [0.717, 1.165) is 50.7 Å². The minimum Gasteiger partial charge on any atom is -0.495 e. The summed E-state index contributed by atoms with van der Waals surface area (Å²) < 4.78 is 10.7. The maximum Gasteiger partial charge on any atom is 0.305 e. The van der Waals surface area contributed by atoms with Crippen LogP contribution in [0.3, 0.4) is 0 Å². The summed E-state index contributed by atoms with van der Waals surface area (Å²) in [6.07, 6.45) is 12.9. The highest BCUT2D eigenvalue weighted by atomic mass is 35.5. The molecule has 2 unspecified atom stereocenters. The van der Waals surface area contributed by atoms with Gasteiger partial charge in [0.1, 0.15) is 6.10 Å². The van der Waals surface area contributed by atoms with Crippen LogP contribution in [0.15, 0.2) is 24.0 Å². The number of unbranched alkanes of at least 4 members (excludes halogenated alkanes) is 1. The van der Waals surface area contributed by atoms with Crippen molar-refractivity contribution in [2.75, 3.05) is 13.0 Å². The third kappa shape index (κ3) is 5.99. The lowest BCUT2D eigenvalue weighted by Crippen LogP contribution is -2.20. The van der Waals surface area contributed by atoms with Crippen molar-refractivity contribution in [3.05, 3.63) is 24.0 Å². The fraction of sp³-hybridized carbons (Fsp3) is 0.783. The van der Waals surface area contributed by atoms with Crippen LogP contribution in [-0.2, 0) is 14.3 Å². The SMILES string of the molecule is COC(=O)CCCC=C1C[C@@H]2[C@@H](C=C[C@@H](O)C3CCC(CCCl)C3)[C@H](O)C[C@H]2O1. The lowest BCUT2D eigenvalue weighted by molar-refractivity contribution is -0.140. The molecule has 0 aromatic carbocycles. The average molecular weight is 427 g/mol. The van der Waals surface area contributed by atoms with Crippen molar-refractivity contribution in [1.82, 2.24) is 0 Å². The lowest BCUT2D eigenvalue weighted by Gasteiger charge is -2.18. The van der Waals surface area contributed by atoms with Gasteiger partial charge in [0.25, 0.3) is 0 Å². The van der Waals surface area contributed by atoms with Gasteiger partial charge < -0.3 is 19.7 Å². The fourth-order valence-corrected chi connectivity index (χ4v) is 5.54. The quantitative estimate of drug-likeness (QED) is 0.252. The average Bonchev–Trinajstić information content (AvgIpc) is 3.39. The van der Waals surface area contributed by atoms with E-state index in [0.29, 0.717) is 30.6 Å². The largest absolute Gasteiger partial charge is 0.495 e. The molecule has 3 rings (SSSR count). The molecular formula is C23H35ClO5. The van der Waals surface area contributed by atoms with Crippen molar-refractivity contribution >= 4 is 17.6 Å². The predicted octanol–water partition coefficient (Wildman–Crippen LogP) is 3.96. The Balaban J connectivity index is 1.49. The van der Waals surface area contributed by atoms with Crippen LogP contribution in [0.2, 0.25) is 0 Å². The summed E-state index contributed by atoms with van der Waals surface area (Å²) in [6.45, 7) is 0. The van der Waals surface area contributed by atoms with Gasteiger partial charge in [0, 0.05) is 37.0 Å². The van der Waals surface area contributed by atoms with E-state index in [9.17, 15) is 15.0 Å². The highest BCUT2D eigenvalue weighted by Crippen LogP contribution is 2.46. The van der Waals surface area contributed by atoms with Gasteiger partial charge in [0.15, 0.2) is 0 Å². The van der Waals surface area contributed by atoms with Gasteiger partial charge in [-0.2, -0.15) is 0 Å². The van der Waals surface area contributed by atoms with Crippen LogP contribution in [0.1, 0.15) is 57.8 Å². The van der Waals surface area contributed by atoms with Crippen LogP contribution in [0.4, 0.5) is 0 Å². The van der Waals surface area contributed by atoms with Gasteiger partial charge >= 0.3 is 5.97 Å². The molecule has 1 aliphatic heterocycles. The summed E-state index contributed by atoms with van der Waals surface area (Å²) in [5.41, 5.74) is 0. The zero-order chi connectivity index (χ0) is 20.8. The number of fused-ring (bicyclic) bond motifs is 1. The summed E-state index contributed by atoms with van der Waals surface area (Å²) in [5, 5.41) is 21.1. The van der Waals surface area contributed by atoms with E-state index in [4.69, 9.17) is 16.3 Å². The van der Waals surface area contributed by atoms with Gasteiger partial charge in [0.05, 0.1) is 25.1 Å². The van der Waals surface area contributed by atoms with Crippen LogP contribution < -0.4 is 0 Å². The van der Waals surface area contributed by atoms with Gasteiger partial charge in [-0.15, -0.1) is 11.6 Å². The molecule has 3 fully saturated rings. The Morgan fingerprint density at radius 1 is 1.38 bits per heavy atom. The van der Waals surface area contributed by atoms with E-state index in [1.165, 1.54) is 7.11 Å². The standard InChI is InChI=1S/C23H35ClO5/c1-28-23(27)5-3-2-4-17-13-19-18(21(26)14-22(19)29-17)8-9-20(25)16-7-6-15(12-16)10-11-24/h4,8-9,15-16,18-22,25-26H,2-3,5-7,10-14H2,1H3/t15?,16?,18-,19-,20-,21-,22-/m1/s1. The molecule has 3 aliphatic rings. The van der Waals surface area contributed by atoms with Gasteiger partial charge in [0.2, 0.25) is 0 Å².